The Hall–Kier alpha value is -1.57. The second-order valence-electron chi connectivity index (χ2n) is 4.08. The Labute approximate surface area is 121 Å². The standard InChI is InChI=1S/C15H15BrN2O/c1-2-15-17-9-10-18(15)14(11-19)8-5-12-3-6-13(16)7-4-12/h3-4,6-7,9-10,14,19H,2,11H2,1H3. The van der Waals surface area contributed by atoms with Crippen LogP contribution in [0.2, 0.25) is 0 Å². The van der Waals surface area contributed by atoms with Crippen molar-refractivity contribution in [2.45, 2.75) is 19.4 Å². The van der Waals surface area contributed by atoms with E-state index in [4.69, 9.17) is 0 Å². The molecule has 0 aliphatic heterocycles. The Bertz CT molecular complexity index is 593. The van der Waals surface area contributed by atoms with Crippen LogP contribution in [0.25, 0.3) is 0 Å². The van der Waals surface area contributed by atoms with Gasteiger partial charge in [0.2, 0.25) is 0 Å². The molecule has 98 valence electrons. The Morgan fingerprint density at radius 2 is 2.11 bits per heavy atom. The summed E-state index contributed by atoms with van der Waals surface area (Å²) in [4.78, 5) is 4.25. The van der Waals surface area contributed by atoms with E-state index in [1.165, 1.54) is 0 Å². The minimum Gasteiger partial charge on any atom is -0.393 e. The molecule has 0 fully saturated rings. The monoisotopic (exact) mass is 318 g/mol. The van der Waals surface area contributed by atoms with Crippen LogP contribution < -0.4 is 0 Å². The first-order valence-electron chi connectivity index (χ1n) is 6.14. The zero-order chi connectivity index (χ0) is 13.7. The fourth-order valence-corrected chi connectivity index (χ4v) is 2.07. The molecule has 2 rings (SSSR count). The Kier molecular flexibility index (Phi) is 4.78. The highest BCUT2D eigenvalue weighted by Gasteiger charge is 2.09. The predicted octanol–water partition coefficient (Wildman–Crippen LogP) is 2.79. The fourth-order valence-electron chi connectivity index (χ4n) is 1.80. The Morgan fingerprint density at radius 1 is 1.37 bits per heavy atom. The van der Waals surface area contributed by atoms with Gasteiger partial charge in [0, 0.05) is 28.9 Å². The Morgan fingerprint density at radius 3 is 2.74 bits per heavy atom. The van der Waals surface area contributed by atoms with Gasteiger partial charge in [-0.25, -0.2) is 4.98 Å². The molecule has 2 aromatic rings. The van der Waals surface area contributed by atoms with Gasteiger partial charge in [-0.3, -0.25) is 0 Å². The average molecular weight is 319 g/mol. The topological polar surface area (TPSA) is 38.0 Å². The van der Waals surface area contributed by atoms with Crippen molar-refractivity contribution in [3.05, 3.63) is 52.5 Å². The van der Waals surface area contributed by atoms with Gasteiger partial charge in [0.15, 0.2) is 0 Å². The molecule has 0 radical (unpaired) electrons. The normalized spacial score (nSPS) is 11.7. The number of rotatable bonds is 3. The van der Waals surface area contributed by atoms with Gasteiger partial charge in [-0.05, 0) is 24.3 Å². The molecule has 0 aliphatic rings. The summed E-state index contributed by atoms with van der Waals surface area (Å²) in [5, 5.41) is 9.48. The van der Waals surface area contributed by atoms with Gasteiger partial charge in [0.25, 0.3) is 0 Å². The summed E-state index contributed by atoms with van der Waals surface area (Å²) >= 11 is 3.39. The maximum Gasteiger partial charge on any atom is 0.119 e. The van der Waals surface area contributed by atoms with Crippen LogP contribution in [-0.2, 0) is 6.42 Å². The minimum absolute atomic E-state index is 0.0209. The first kappa shape index (κ1) is 13.9. The molecule has 0 saturated carbocycles. The van der Waals surface area contributed by atoms with Crippen LogP contribution in [0.15, 0.2) is 41.1 Å². The molecule has 4 heteroatoms. The number of aryl methyl sites for hydroxylation is 1. The highest BCUT2D eigenvalue weighted by Crippen LogP contribution is 2.11. The number of imidazole rings is 1. The first-order chi connectivity index (χ1) is 9.24. The molecule has 0 spiro atoms. The third-order valence-corrected chi connectivity index (χ3v) is 3.33. The van der Waals surface area contributed by atoms with Crippen LogP contribution in [0.1, 0.15) is 24.4 Å². The summed E-state index contributed by atoms with van der Waals surface area (Å²) in [6.07, 6.45) is 4.42. The fraction of sp³-hybridized carbons (Fsp3) is 0.267. The number of hydrogen-bond donors (Lipinski definition) is 1. The summed E-state index contributed by atoms with van der Waals surface area (Å²) in [6, 6.07) is 7.54. The van der Waals surface area contributed by atoms with E-state index in [0.29, 0.717) is 0 Å². The van der Waals surface area contributed by atoms with Crippen LogP contribution >= 0.6 is 15.9 Å². The van der Waals surface area contributed by atoms with Crippen molar-refractivity contribution in [2.24, 2.45) is 0 Å². The minimum atomic E-state index is -0.249. The van der Waals surface area contributed by atoms with E-state index < -0.39 is 0 Å². The van der Waals surface area contributed by atoms with E-state index in [0.717, 1.165) is 22.3 Å². The number of hydrogen-bond acceptors (Lipinski definition) is 2. The lowest BCUT2D eigenvalue weighted by Crippen LogP contribution is -2.13. The van der Waals surface area contributed by atoms with E-state index >= 15 is 0 Å². The van der Waals surface area contributed by atoms with Crippen molar-refractivity contribution >= 4 is 15.9 Å². The summed E-state index contributed by atoms with van der Waals surface area (Å²) in [5.41, 5.74) is 0.930. The first-order valence-corrected chi connectivity index (χ1v) is 6.93. The van der Waals surface area contributed by atoms with Crippen LogP contribution in [0.5, 0.6) is 0 Å². The van der Waals surface area contributed by atoms with Crippen molar-refractivity contribution in [2.75, 3.05) is 6.61 Å². The van der Waals surface area contributed by atoms with Gasteiger partial charge < -0.3 is 9.67 Å². The van der Waals surface area contributed by atoms with Crippen molar-refractivity contribution in [3.63, 3.8) is 0 Å². The van der Waals surface area contributed by atoms with Crippen LogP contribution in [0.4, 0.5) is 0 Å². The van der Waals surface area contributed by atoms with E-state index in [2.05, 4.69) is 32.8 Å². The largest absolute Gasteiger partial charge is 0.393 e. The molecule has 1 aromatic heterocycles. The number of halogens is 1. The van der Waals surface area contributed by atoms with E-state index in [1.54, 1.807) is 6.20 Å². The lowest BCUT2D eigenvalue weighted by Gasteiger charge is -2.11. The molecule has 0 aliphatic carbocycles. The molecule has 3 nitrogen and oxygen atoms in total. The molecule has 1 unspecified atom stereocenters. The molecule has 1 heterocycles. The average Bonchev–Trinajstić information content (AvgIpc) is 2.90. The smallest absolute Gasteiger partial charge is 0.119 e. The molecule has 1 N–H and O–H groups in total. The van der Waals surface area contributed by atoms with Crippen molar-refractivity contribution in [3.8, 4) is 11.8 Å². The third kappa shape index (κ3) is 3.46. The third-order valence-electron chi connectivity index (χ3n) is 2.80. The van der Waals surface area contributed by atoms with Crippen molar-refractivity contribution in [1.29, 1.82) is 0 Å². The quantitative estimate of drug-likeness (QED) is 0.884. The zero-order valence-electron chi connectivity index (χ0n) is 10.7. The van der Waals surface area contributed by atoms with Gasteiger partial charge in [-0.1, -0.05) is 34.7 Å². The molecule has 19 heavy (non-hydrogen) atoms. The SMILES string of the molecule is CCc1nccn1C(C#Cc1ccc(Br)cc1)CO. The molecule has 1 atom stereocenters. The molecule has 0 saturated heterocycles. The maximum atomic E-state index is 9.48. The van der Waals surface area contributed by atoms with E-state index in [9.17, 15) is 5.11 Å². The zero-order valence-corrected chi connectivity index (χ0v) is 12.3. The van der Waals surface area contributed by atoms with Gasteiger partial charge >= 0.3 is 0 Å². The lowest BCUT2D eigenvalue weighted by molar-refractivity contribution is 0.255. The van der Waals surface area contributed by atoms with E-state index in [-0.39, 0.29) is 12.6 Å². The summed E-state index contributed by atoms with van der Waals surface area (Å²) in [6.45, 7) is 2.02. The lowest BCUT2D eigenvalue weighted by atomic mass is 10.2. The summed E-state index contributed by atoms with van der Waals surface area (Å²) < 4.78 is 2.95. The second-order valence-corrected chi connectivity index (χ2v) is 4.99. The second kappa shape index (κ2) is 6.55. The molecular weight excluding hydrogens is 304 g/mol. The summed E-state index contributed by atoms with van der Waals surface area (Å²) in [5.74, 6) is 7.11. The number of aliphatic hydroxyl groups is 1. The number of aliphatic hydroxyl groups excluding tert-OH is 1. The summed E-state index contributed by atoms with van der Waals surface area (Å²) in [7, 11) is 0. The van der Waals surface area contributed by atoms with Gasteiger partial charge in [-0.2, -0.15) is 0 Å². The Balaban J connectivity index is 2.23. The predicted molar refractivity (Wildman–Crippen MR) is 78.7 cm³/mol. The van der Waals surface area contributed by atoms with Crippen molar-refractivity contribution < 1.29 is 5.11 Å². The van der Waals surface area contributed by atoms with Crippen LogP contribution in [0, 0.1) is 11.8 Å². The maximum absolute atomic E-state index is 9.48. The number of nitrogens with zero attached hydrogens (tertiary/aromatic N) is 2. The highest BCUT2D eigenvalue weighted by molar-refractivity contribution is 9.10. The molecule has 0 bridgehead atoms. The molecular formula is C15H15BrN2O. The number of aromatic nitrogens is 2. The van der Waals surface area contributed by atoms with Gasteiger partial charge in [0.05, 0.1) is 6.61 Å². The van der Waals surface area contributed by atoms with E-state index in [1.807, 2.05) is 42.0 Å². The van der Waals surface area contributed by atoms with Crippen LogP contribution in [0.3, 0.4) is 0 Å². The van der Waals surface area contributed by atoms with Gasteiger partial charge in [-0.15, -0.1) is 0 Å². The van der Waals surface area contributed by atoms with Gasteiger partial charge in [0.1, 0.15) is 11.9 Å². The highest BCUT2D eigenvalue weighted by atomic mass is 79.9. The van der Waals surface area contributed by atoms with Crippen LogP contribution in [-0.4, -0.2) is 21.3 Å². The van der Waals surface area contributed by atoms with Crippen molar-refractivity contribution in [1.82, 2.24) is 9.55 Å². The molecule has 1 aromatic carbocycles. The number of benzene rings is 1. The molecule has 0 amide bonds.